The number of nitro benzene ring substituents is 1. The highest BCUT2D eigenvalue weighted by atomic mass is 16.6. The first-order chi connectivity index (χ1) is 14.0. The van der Waals surface area contributed by atoms with E-state index in [0.717, 1.165) is 16.7 Å². The maximum absolute atomic E-state index is 13.1. The lowest BCUT2D eigenvalue weighted by Crippen LogP contribution is -2.31. The summed E-state index contributed by atoms with van der Waals surface area (Å²) in [6, 6.07) is 26.2. The first kappa shape index (κ1) is 20.3. The minimum Gasteiger partial charge on any atom is -0.339 e. The largest absolute Gasteiger partial charge is 0.339 e. The van der Waals surface area contributed by atoms with Crippen LogP contribution >= 0.6 is 0 Å². The van der Waals surface area contributed by atoms with E-state index in [0.29, 0.717) is 6.42 Å². The summed E-state index contributed by atoms with van der Waals surface area (Å²) in [5.74, 6) is -0.0635. The monoisotopic (exact) mass is 388 g/mol. The van der Waals surface area contributed by atoms with Gasteiger partial charge < -0.3 is 4.90 Å². The van der Waals surface area contributed by atoms with Gasteiger partial charge in [0.1, 0.15) is 0 Å². The molecule has 3 aromatic carbocycles. The Morgan fingerprint density at radius 2 is 1.41 bits per heavy atom. The third kappa shape index (κ3) is 4.88. The smallest absolute Gasteiger partial charge is 0.269 e. The van der Waals surface area contributed by atoms with Crippen molar-refractivity contribution in [2.45, 2.75) is 25.3 Å². The number of carbonyl (C=O) groups is 1. The molecule has 0 unspecified atom stereocenters. The van der Waals surface area contributed by atoms with Crippen LogP contribution in [0.15, 0.2) is 84.9 Å². The molecule has 1 atom stereocenters. The van der Waals surface area contributed by atoms with E-state index in [2.05, 4.69) is 0 Å². The molecular formula is C24H24N2O3. The first-order valence-corrected chi connectivity index (χ1v) is 9.57. The van der Waals surface area contributed by atoms with Crippen molar-refractivity contribution in [1.29, 1.82) is 0 Å². The van der Waals surface area contributed by atoms with Gasteiger partial charge in [-0.2, -0.15) is 0 Å². The second-order valence-corrected chi connectivity index (χ2v) is 7.11. The number of amides is 1. The Bertz CT molecular complexity index is 934. The average Bonchev–Trinajstić information content (AvgIpc) is 2.77. The molecule has 5 nitrogen and oxygen atoms in total. The molecular weight excluding hydrogens is 364 g/mol. The van der Waals surface area contributed by atoms with Crippen molar-refractivity contribution in [3.05, 3.63) is 112 Å². The number of hydrogen-bond acceptors (Lipinski definition) is 3. The molecule has 29 heavy (non-hydrogen) atoms. The highest BCUT2D eigenvalue weighted by Gasteiger charge is 2.24. The lowest BCUT2D eigenvalue weighted by molar-refractivity contribution is -0.384. The second-order valence-electron chi connectivity index (χ2n) is 7.11. The summed E-state index contributed by atoms with van der Waals surface area (Å²) in [5, 5.41) is 11.1. The molecule has 148 valence electrons. The van der Waals surface area contributed by atoms with Crippen LogP contribution in [0.4, 0.5) is 5.69 Å². The van der Waals surface area contributed by atoms with Crippen molar-refractivity contribution in [1.82, 2.24) is 4.90 Å². The molecule has 1 amide bonds. The highest BCUT2D eigenvalue weighted by Crippen LogP contribution is 2.30. The van der Waals surface area contributed by atoms with Gasteiger partial charge in [0, 0.05) is 31.5 Å². The molecule has 0 radical (unpaired) electrons. The molecule has 0 aromatic heterocycles. The van der Waals surface area contributed by atoms with Crippen molar-refractivity contribution in [2.75, 3.05) is 7.05 Å². The number of rotatable bonds is 7. The molecule has 0 saturated carbocycles. The molecule has 0 saturated heterocycles. The number of nitro groups is 1. The fourth-order valence-corrected chi connectivity index (χ4v) is 3.46. The van der Waals surface area contributed by atoms with E-state index in [-0.39, 0.29) is 23.6 Å². The predicted octanol–water partition coefficient (Wildman–Crippen LogP) is 5.34. The summed E-state index contributed by atoms with van der Waals surface area (Å²) in [6.07, 6.45) is 0.323. The number of carbonyl (C=O) groups excluding carboxylic acids is 1. The van der Waals surface area contributed by atoms with Crippen LogP contribution in [0.1, 0.15) is 42.0 Å². The molecule has 3 rings (SSSR count). The van der Waals surface area contributed by atoms with Crippen LogP contribution in [0, 0.1) is 10.1 Å². The minimum atomic E-state index is -0.418. The van der Waals surface area contributed by atoms with Gasteiger partial charge in [0.25, 0.3) is 5.69 Å². The second kappa shape index (κ2) is 9.15. The maximum atomic E-state index is 13.1. The third-order valence-corrected chi connectivity index (χ3v) is 5.32. The fourth-order valence-electron chi connectivity index (χ4n) is 3.46. The summed E-state index contributed by atoms with van der Waals surface area (Å²) < 4.78 is 0. The van der Waals surface area contributed by atoms with E-state index < -0.39 is 4.92 Å². The topological polar surface area (TPSA) is 63.5 Å². The molecule has 0 N–H and O–H groups in total. The quantitative estimate of drug-likeness (QED) is 0.405. The molecule has 3 aromatic rings. The zero-order valence-corrected chi connectivity index (χ0v) is 16.6. The third-order valence-electron chi connectivity index (χ3n) is 5.32. The Kier molecular flexibility index (Phi) is 6.39. The van der Waals surface area contributed by atoms with E-state index in [1.165, 1.54) is 12.1 Å². The molecule has 0 heterocycles. The van der Waals surface area contributed by atoms with Crippen molar-refractivity contribution in [2.24, 2.45) is 0 Å². The van der Waals surface area contributed by atoms with E-state index in [9.17, 15) is 14.9 Å². The zero-order valence-electron chi connectivity index (χ0n) is 16.6. The van der Waals surface area contributed by atoms with Crippen molar-refractivity contribution < 1.29 is 9.72 Å². The summed E-state index contributed by atoms with van der Waals surface area (Å²) >= 11 is 0. The minimum absolute atomic E-state index is 0.0123. The normalized spacial score (nSPS) is 11.8. The van der Waals surface area contributed by atoms with Crippen molar-refractivity contribution in [3.63, 3.8) is 0 Å². The molecule has 0 aliphatic rings. The van der Waals surface area contributed by atoms with Gasteiger partial charge in [-0.25, -0.2) is 0 Å². The number of benzene rings is 3. The molecule has 0 aliphatic heterocycles. The lowest BCUT2D eigenvalue weighted by Gasteiger charge is -2.28. The highest BCUT2D eigenvalue weighted by molar-refractivity contribution is 5.78. The molecule has 5 heteroatoms. The van der Waals surface area contributed by atoms with E-state index >= 15 is 0 Å². The molecule has 0 bridgehead atoms. The van der Waals surface area contributed by atoms with Gasteiger partial charge in [-0.15, -0.1) is 0 Å². The van der Waals surface area contributed by atoms with Gasteiger partial charge in [-0.3, -0.25) is 14.9 Å². The van der Waals surface area contributed by atoms with Gasteiger partial charge >= 0.3 is 0 Å². The standard InChI is InChI=1S/C24H24N2O3/c1-18(21-14-9-15-22(16-21)26(28)29)25(2)24(27)17-23(19-10-5-3-6-11-19)20-12-7-4-8-13-20/h3-16,18,23H,17H2,1-2H3/t18-/m0/s1. The van der Waals surface area contributed by atoms with Crippen LogP contribution in [0.2, 0.25) is 0 Å². The van der Waals surface area contributed by atoms with Crippen LogP contribution < -0.4 is 0 Å². The zero-order chi connectivity index (χ0) is 20.8. The predicted molar refractivity (Wildman–Crippen MR) is 114 cm³/mol. The van der Waals surface area contributed by atoms with Gasteiger partial charge in [0.05, 0.1) is 11.0 Å². The summed E-state index contributed by atoms with van der Waals surface area (Å²) in [5.41, 5.74) is 2.94. The number of non-ortho nitro benzene ring substituents is 1. The van der Waals surface area contributed by atoms with Crippen molar-refractivity contribution in [3.8, 4) is 0 Å². The molecule has 0 aliphatic carbocycles. The molecule has 0 spiro atoms. The van der Waals surface area contributed by atoms with Crippen LogP contribution in [0.3, 0.4) is 0 Å². The SMILES string of the molecule is C[C@@H](c1cccc([N+](=O)[O-])c1)N(C)C(=O)CC(c1ccccc1)c1ccccc1. The van der Waals surface area contributed by atoms with Gasteiger partial charge in [-0.05, 0) is 23.6 Å². The van der Waals surface area contributed by atoms with Gasteiger partial charge in [0.15, 0.2) is 0 Å². The van der Waals surface area contributed by atoms with E-state index in [1.807, 2.05) is 73.7 Å². The summed E-state index contributed by atoms with van der Waals surface area (Å²) in [6.45, 7) is 1.89. The van der Waals surface area contributed by atoms with Crippen molar-refractivity contribution >= 4 is 11.6 Å². The van der Waals surface area contributed by atoms with E-state index in [4.69, 9.17) is 0 Å². The lowest BCUT2D eigenvalue weighted by atomic mass is 9.88. The number of nitrogens with zero attached hydrogens (tertiary/aromatic N) is 2. The molecule has 0 fully saturated rings. The first-order valence-electron chi connectivity index (χ1n) is 9.57. The Hall–Kier alpha value is -3.47. The Morgan fingerprint density at radius 1 is 0.897 bits per heavy atom. The fraction of sp³-hybridized carbons (Fsp3) is 0.208. The Labute approximate surface area is 170 Å². The van der Waals surface area contributed by atoms with Crippen LogP contribution in [-0.4, -0.2) is 22.8 Å². The number of hydrogen-bond donors (Lipinski definition) is 0. The van der Waals surface area contributed by atoms with Crippen LogP contribution in [0.25, 0.3) is 0 Å². The Balaban J connectivity index is 1.82. The summed E-state index contributed by atoms with van der Waals surface area (Å²) in [7, 11) is 1.75. The van der Waals surface area contributed by atoms with E-state index in [1.54, 1.807) is 18.0 Å². The van der Waals surface area contributed by atoms with Crippen LogP contribution in [-0.2, 0) is 4.79 Å². The maximum Gasteiger partial charge on any atom is 0.269 e. The Morgan fingerprint density at radius 3 is 1.93 bits per heavy atom. The average molecular weight is 388 g/mol. The van der Waals surface area contributed by atoms with Gasteiger partial charge in [0.2, 0.25) is 5.91 Å². The van der Waals surface area contributed by atoms with Gasteiger partial charge in [-0.1, -0.05) is 72.8 Å². The van der Waals surface area contributed by atoms with Crippen LogP contribution in [0.5, 0.6) is 0 Å². The summed E-state index contributed by atoms with van der Waals surface area (Å²) in [4.78, 5) is 25.4.